The lowest BCUT2D eigenvalue weighted by Gasteiger charge is -2.07. The summed E-state index contributed by atoms with van der Waals surface area (Å²) in [5.74, 6) is 0.220. The van der Waals surface area contributed by atoms with Crippen molar-refractivity contribution in [3.05, 3.63) is 75.4 Å². The fourth-order valence-corrected chi connectivity index (χ4v) is 2.95. The second-order valence-corrected chi connectivity index (χ2v) is 6.22. The van der Waals surface area contributed by atoms with Crippen molar-refractivity contribution in [1.29, 1.82) is 0 Å². The summed E-state index contributed by atoms with van der Waals surface area (Å²) in [5.41, 5.74) is 3.50. The van der Waals surface area contributed by atoms with Gasteiger partial charge in [0.05, 0.1) is 11.3 Å². The summed E-state index contributed by atoms with van der Waals surface area (Å²) in [6.07, 6.45) is 1.63. The van der Waals surface area contributed by atoms with Crippen LogP contribution in [0.25, 0.3) is 11.3 Å². The van der Waals surface area contributed by atoms with E-state index in [0.29, 0.717) is 22.1 Å². The van der Waals surface area contributed by atoms with Gasteiger partial charge in [-0.15, -0.1) is 0 Å². The SMILES string of the molecule is Cc1cc(=O)[nH]n1-c1ccc(NC=C2C(=O)Nc3nc(Cl)ccc32)cc1. The lowest BCUT2D eigenvalue weighted by molar-refractivity contribution is -0.110. The molecular weight excluding hydrogens is 354 g/mol. The highest BCUT2D eigenvalue weighted by atomic mass is 35.5. The third kappa shape index (κ3) is 2.89. The molecular formula is C18H14ClN5O2. The molecule has 0 aliphatic carbocycles. The number of H-pyrrole nitrogens is 1. The standard InChI is InChI=1S/C18H14ClN5O2/c1-10-8-16(25)23-24(10)12-4-2-11(3-5-12)20-9-14-13-6-7-15(19)21-17(13)22-18(14)26/h2-9,20H,1H3,(H,23,25)(H,21,22,26). The number of amides is 1. The molecule has 26 heavy (non-hydrogen) atoms. The Morgan fingerprint density at radius 2 is 1.92 bits per heavy atom. The number of hydrogen-bond acceptors (Lipinski definition) is 4. The molecule has 7 nitrogen and oxygen atoms in total. The second-order valence-electron chi connectivity index (χ2n) is 5.83. The number of aromatic amines is 1. The molecule has 2 aromatic heterocycles. The summed E-state index contributed by atoms with van der Waals surface area (Å²) in [6, 6.07) is 12.4. The number of benzene rings is 1. The van der Waals surface area contributed by atoms with E-state index in [0.717, 1.165) is 17.1 Å². The van der Waals surface area contributed by atoms with Gasteiger partial charge in [-0.2, -0.15) is 0 Å². The number of aromatic nitrogens is 3. The molecule has 1 amide bonds. The summed E-state index contributed by atoms with van der Waals surface area (Å²) < 4.78 is 1.71. The number of carbonyl (C=O) groups excluding carboxylic acids is 1. The Hall–Kier alpha value is -3.32. The van der Waals surface area contributed by atoms with Crippen LogP contribution in [-0.4, -0.2) is 20.7 Å². The van der Waals surface area contributed by atoms with E-state index < -0.39 is 0 Å². The minimum Gasteiger partial charge on any atom is -0.361 e. The monoisotopic (exact) mass is 367 g/mol. The average Bonchev–Trinajstić information content (AvgIpc) is 3.11. The smallest absolute Gasteiger partial charge is 0.264 e. The van der Waals surface area contributed by atoms with Crippen LogP contribution in [0.5, 0.6) is 0 Å². The van der Waals surface area contributed by atoms with Crippen molar-refractivity contribution in [2.75, 3.05) is 10.6 Å². The van der Waals surface area contributed by atoms with Gasteiger partial charge in [0.2, 0.25) is 0 Å². The van der Waals surface area contributed by atoms with Crippen LogP contribution in [0.2, 0.25) is 5.15 Å². The van der Waals surface area contributed by atoms with Gasteiger partial charge in [0, 0.05) is 29.2 Å². The quantitative estimate of drug-likeness (QED) is 0.490. The normalized spacial score (nSPS) is 14.4. The molecule has 8 heteroatoms. The summed E-state index contributed by atoms with van der Waals surface area (Å²) in [5, 5.41) is 8.85. The molecule has 0 radical (unpaired) electrons. The van der Waals surface area contributed by atoms with Crippen molar-refractivity contribution in [3.8, 4) is 5.69 Å². The van der Waals surface area contributed by atoms with Crippen LogP contribution in [0, 0.1) is 6.92 Å². The van der Waals surface area contributed by atoms with Gasteiger partial charge in [0.25, 0.3) is 11.5 Å². The number of pyridine rings is 1. The van der Waals surface area contributed by atoms with Gasteiger partial charge < -0.3 is 10.6 Å². The van der Waals surface area contributed by atoms with Gasteiger partial charge >= 0.3 is 0 Å². The molecule has 1 aliphatic heterocycles. The van der Waals surface area contributed by atoms with Crippen LogP contribution in [0.3, 0.4) is 0 Å². The Labute approximate surface area is 153 Å². The molecule has 3 aromatic rings. The highest BCUT2D eigenvalue weighted by molar-refractivity contribution is 6.33. The molecule has 1 aliphatic rings. The van der Waals surface area contributed by atoms with E-state index in [1.807, 2.05) is 31.2 Å². The first kappa shape index (κ1) is 16.2. The van der Waals surface area contributed by atoms with E-state index in [-0.39, 0.29) is 11.5 Å². The molecule has 0 saturated heterocycles. The summed E-state index contributed by atoms with van der Waals surface area (Å²) >= 11 is 5.85. The van der Waals surface area contributed by atoms with Crippen molar-refractivity contribution in [2.24, 2.45) is 0 Å². The van der Waals surface area contributed by atoms with E-state index in [1.54, 1.807) is 23.0 Å². The molecule has 0 atom stereocenters. The van der Waals surface area contributed by atoms with Crippen molar-refractivity contribution >= 4 is 34.6 Å². The highest BCUT2D eigenvalue weighted by Gasteiger charge is 2.25. The number of fused-ring (bicyclic) bond motifs is 1. The Kier molecular flexibility index (Phi) is 3.85. The Morgan fingerprint density at radius 3 is 2.62 bits per heavy atom. The van der Waals surface area contributed by atoms with E-state index in [4.69, 9.17) is 11.6 Å². The number of halogens is 1. The Balaban J connectivity index is 1.57. The van der Waals surface area contributed by atoms with Gasteiger partial charge in [0.1, 0.15) is 11.0 Å². The number of nitrogens with zero attached hydrogens (tertiary/aromatic N) is 2. The maximum atomic E-state index is 12.1. The van der Waals surface area contributed by atoms with Gasteiger partial charge in [-0.25, -0.2) is 4.98 Å². The van der Waals surface area contributed by atoms with E-state index in [1.165, 1.54) is 6.07 Å². The van der Waals surface area contributed by atoms with Crippen LogP contribution in [0.1, 0.15) is 11.3 Å². The topological polar surface area (TPSA) is 91.8 Å². The Morgan fingerprint density at radius 1 is 1.15 bits per heavy atom. The van der Waals surface area contributed by atoms with Gasteiger partial charge in [-0.1, -0.05) is 11.6 Å². The van der Waals surface area contributed by atoms with Crippen LogP contribution in [0.4, 0.5) is 11.5 Å². The zero-order valence-corrected chi connectivity index (χ0v) is 14.5. The molecule has 0 spiro atoms. The minimum absolute atomic E-state index is 0.144. The predicted molar refractivity (Wildman–Crippen MR) is 101 cm³/mol. The molecule has 130 valence electrons. The first-order valence-electron chi connectivity index (χ1n) is 7.85. The molecule has 4 rings (SSSR count). The Bertz CT molecular complexity index is 1100. The zero-order chi connectivity index (χ0) is 18.3. The van der Waals surface area contributed by atoms with E-state index >= 15 is 0 Å². The van der Waals surface area contributed by atoms with Crippen LogP contribution in [-0.2, 0) is 4.79 Å². The van der Waals surface area contributed by atoms with Crippen molar-refractivity contribution < 1.29 is 4.79 Å². The van der Waals surface area contributed by atoms with Crippen molar-refractivity contribution in [2.45, 2.75) is 6.92 Å². The lowest BCUT2D eigenvalue weighted by Crippen LogP contribution is -2.06. The largest absolute Gasteiger partial charge is 0.361 e. The van der Waals surface area contributed by atoms with E-state index in [2.05, 4.69) is 20.7 Å². The molecule has 0 unspecified atom stereocenters. The van der Waals surface area contributed by atoms with Gasteiger partial charge in [0.15, 0.2) is 0 Å². The summed E-state index contributed by atoms with van der Waals surface area (Å²) in [4.78, 5) is 27.6. The molecule has 0 bridgehead atoms. The first-order chi connectivity index (χ1) is 12.5. The fourth-order valence-electron chi connectivity index (χ4n) is 2.80. The van der Waals surface area contributed by atoms with E-state index in [9.17, 15) is 9.59 Å². The molecule has 0 fully saturated rings. The minimum atomic E-state index is -0.237. The fraction of sp³-hybridized carbons (Fsp3) is 0.0556. The molecule has 1 aromatic carbocycles. The number of rotatable bonds is 3. The number of hydrogen-bond donors (Lipinski definition) is 3. The summed E-state index contributed by atoms with van der Waals surface area (Å²) in [7, 11) is 0. The number of anilines is 2. The predicted octanol–water partition coefficient (Wildman–Crippen LogP) is 2.93. The average molecular weight is 368 g/mol. The molecule has 3 N–H and O–H groups in total. The van der Waals surface area contributed by atoms with Gasteiger partial charge in [-0.05, 0) is 43.3 Å². The third-order valence-corrected chi connectivity index (χ3v) is 4.26. The lowest BCUT2D eigenvalue weighted by atomic mass is 10.1. The molecule has 0 saturated carbocycles. The number of nitrogens with one attached hydrogen (secondary N) is 3. The highest BCUT2D eigenvalue weighted by Crippen LogP contribution is 2.31. The van der Waals surface area contributed by atoms with Crippen molar-refractivity contribution in [3.63, 3.8) is 0 Å². The van der Waals surface area contributed by atoms with Crippen LogP contribution >= 0.6 is 11.6 Å². The maximum absolute atomic E-state index is 12.1. The van der Waals surface area contributed by atoms with Gasteiger partial charge in [-0.3, -0.25) is 19.4 Å². The summed E-state index contributed by atoms with van der Waals surface area (Å²) in [6.45, 7) is 1.85. The zero-order valence-electron chi connectivity index (χ0n) is 13.7. The maximum Gasteiger partial charge on any atom is 0.264 e. The van der Waals surface area contributed by atoms with Crippen LogP contribution in [0.15, 0.2) is 53.5 Å². The molecule has 3 heterocycles. The van der Waals surface area contributed by atoms with Crippen molar-refractivity contribution in [1.82, 2.24) is 14.8 Å². The first-order valence-corrected chi connectivity index (χ1v) is 8.23. The second kappa shape index (κ2) is 6.20. The third-order valence-electron chi connectivity index (χ3n) is 4.05. The number of carbonyl (C=O) groups is 1. The van der Waals surface area contributed by atoms with Crippen LogP contribution < -0.4 is 16.2 Å². The number of aryl methyl sites for hydroxylation is 1.